The van der Waals surface area contributed by atoms with Crippen molar-refractivity contribution in [2.75, 3.05) is 26.8 Å². The molecule has 4 rings (SSSR count). The maximum Gasteiger partial charge on any atom is 0.320 e. The van der Waals surface area contributed by atoms with Crippen LogP contribution in [0.5, 0.6) is 0 Å². The first kappa shape index (κ1) is 21.8. The Bertz CT molecular complexity index is 1110. The van der Waals surface area contributed by atoms with Crippen molar-refractivity contribution in [1.82, 2.24) is 35.0 Å². The van der Waals surface area contributed by atoms with Gasteiger partial charge in [-0.2, -0.15) is 10.1 Å². The van der Waals surface area contributed by atoms with Crippen molar-refractivity contribution < 1.29 is 14.1 Å². The minimum Gasteiger partial charge on any atom is -0.459 e. The van der Waals surface area contributed by atoms with Gasteiger partial charge in [0.15, 0.2) is 5.82 Å². The van der Waals surface area contributed by atoms with Crippen LogP contribution in [0.25, 0.3) is 22.5 Å². The normalized spacial score (nSPS) is 14.0. The predicted octanol–water partition coefficient (Wildman–Crippen LogP) is 2.19. The van der Waals surface area contributed by atoms with Crippen LogP contribution >= 0.6 is 0 Å². The van der Waals surface area contributed by atoms with E-state index in [-0.39, 0.29) is 12.5 Å². The van der Waals surface area contributed by atoms with Gasteiger partial charge in [0.05, 0.1) is 31.8 Å². The summed E-state index contributed by atoms with van der Waals surface area (Å²) in [5.74, 6) is 0.540. The molecule has 0 aliphatic carbocycles. The number of rotatable bonds is 8. The zero-order valence-corrected chi connectivity index (χ0v) is 18.9. The van der Waals surface area contributed by atoms with Crippen molar-refractivity contribution in [2.24, 2.45) is 0 Å². The van der Waals surface area contributed by atoms with Gasteiger partial charge in [-0.05, 0) is 26.8 Å². The molecule has 0 saturated carbocycles. The van der Waals surface area contributed by atoms with E-state index in [1.54, 1.807) is 0 Å². The monoisotopic (exact) mass is 439 g/mol. The number of hydrogen-bond acceptors (Lipinski definition) is 9. The third-order valence-corrected chi connectivity index (χ3v) is 4.82. The molecule has 1 aromatic carbocycles. The number of aromatic nitrogens is 4. The Morgan fingerprint density at radius 1 is 1.22 bits per heavy atom. The quantitative estimate of drug-likeness (QED) is 0.529. The molecule has 3 aromatic rings. The summed E-state index contributed by atoms with van der Waals surface area (Å²) in [4.78, 5) is 20.7. The van der Waals surface area contributed by atoms with Crippen LogP contribution in [0.2, 0.25) is 0 Å². The molecule has 0 bridgehead atoms. The van der Waals surface area contributed by atoms with Gasteiger partial charge in [0.1, 0.15) is 11.3 Å². The molecule has 3 heterocycles. The molecule has 170 valence electrons. The molecular formula is C22H29N7O3. The number of nitrogens with zero attached hydrogens (tertiary/aromatic N) is 6. The molecule has 0 spiro atoms. The summed E-state index contributed by atoms with van der Waals surface area (Å²) in [5, 5.41) is 12.8. The van der Waals surface area contributed by atoms with Gasteiger partial charge in [0, 0.05) is 31.4 Å². The molecule has 2 aromatic heterocycles. The Labute approximate surface area is 186 Å². The van der Waals surface area contributed by atoms with Crippen LogP contribution < -0.4 is 5.32 Å². The number of benzene rings is 1. The third-order valence-electron chi connectivity index (χ3n) is 4.82. The fraction of sp³-hybridized carbons (Fsp3) is 0.455. The second-order valence-corrected chi connectivity index (χ2v) is 8.80. The molecule has 1 aliphatic heterocycles. The molecule has 0 saturated heterocycles. The second-order valence-electron chi connectivity index (χ2n) is 8.80. The maximum absolute atomic E-state index is 11.9. The van der Waals surface area contributed by atoms with Gasteiger partial charge in [-0.25, -0.2) is 0 Å². The lowest BCUT2D eigenvalue weighted by Crippen LogP contribution is -2.31. The summed E-state index contributed by atoms with van der Waals surface area (Å²) < 4.78 is 12.8. The average Bonchev–Trinajstić information content (AvgIpc) is 3.42. The highest BCUT2D eigenvalue weighted by atomic mass is 16.6. The van der Waals surface area contributed by atoms with E-state index in [1.165, 1.54) is 0 Å². The molecule has 0 fully saturated rings. The lowest BCUT2D eigenvalue weighted by molar-refractivity contribution is -0.153. The third kappa shape index (κ3) is 5.25. The van der Waals surface area contributed by atoms with E-state index in [9.17, 15) is 4.79 Å². The SMILES string of the molecule is CN1C=CN(CCn2nc3ccccc3c2-c2nc(CNCC(=O)OC(C)(C)C)no2)C1. The van der Waals surface area contributed by atoms with Crippen molar-refractivity contribution in [2.45, 2.75) is 39.5 Å². The zero-order valence-electron chi connectivity index (χ0n) is 18.9. The van der Waals surface area contributed by atoms with Gasteiger partial charge >= 0.3 is 5.97 Å². The lowest BCUT2D eigenvalue weighted by atomic mass is 10.2. The number of carbonyl (C=O) groups is 1. The molecule has 10 heteroatoms. The minimum atomic E-state index is -0.516. The fourth-order valence-electron chi connectivity index (χ4n) is 3.50. The van der Waals surface area contributed by atoms with E-state index in [0.29, 0.717) is 24.8 Å². The zero-order chi connectivity index (χ0) is 22.7. The van der Waals surface area contributed by atoms with Crippen molar-refractivity contribution >= 4 is 16.9 Å². The van der Waals surface area contributed by atoms with E-state index < -0.39 is 5.60 Å². The average molecular weight is 440 g/mol. The van der Waals surface area contributed by atoms with Gasteiger partial charge < -0.3 is 19.1 Å². The van der Waals surface area contributed by atoms with Crippen molar-refractivity contribution in [1.29, 1.82) is 0 Å². The first-order chi connectivity index (χ1) is 15.3. The first-order valence-corrected chi connectivity index (χ1v) is 10.6. The maximum atomic E-state index is 11.9. The molecule has 32 heavy (non-hydrogen) atoms. The number of nitrogens with one attached hydrogen (secondary N) is 1. The predicted molar refractivity (Wildman–Crippen MR) is 119 cm³/mol. The molecule has 10 nitrogen and oxygen atoms in total. The van der Waals surface area contributed by atoms with Gasteiger partial charge in [0.25, 0.3) is 5.89 Å². The highest BCUT2D eigenvalue weighted by molar-refractivity contribution is 5.91. The van der Waals surface area contributed by atoms with Crippen molar-refractivity contribution in [3.63, 3.8) is 0 Å². The van der Waals surface area contributed by atoms with Gasteiger partial charge in [0.2, 0.25) is 0 Å². The fourth-order valence-corrected chi connectivity index (χ4v) is 3.50. The first-order valence-electron chi connectivity index (χ1n) is 10.6. The second kappa shape index (κ2) is 8.99. The van der Waals surface area contributed by atoms with Crippen LogP contribution in [0, 0.1) is 0 Å². The van der Waals surface area contributed by atoms with E-state index >= 15 is 0 Å². The lowest BCUT2D eigenvalue weighted by Gasteiger charge is -2.19. The molecular weight excluding hydrogens is 410 g/mol. The summed E-state index contributed by atoms with van der Waals surface area (Å²) >= 11 is 0. The number of ether oxygens (including phenoxy) is 1. The van der Waals surface area contributed by atoms with Gasteiger partial charge in [-0.15, -0.1) is 0 Å². The highest BCUT2D eigenvalue weighted by Gasteiger charge is 2.20. The largest absolute Gasteiger partial charge is 0.459 e. The molecule has 0 atom stereocenters. The summed E-state index contributed by atoms with van der Waals surface area (Å²) in [6.07, 6.45) is 4.12. The summed E-state index contributed by atoms with van der Waals surface area (Å²) in [5.41, 5.74) is 1.15. The van der Waals surface area contributed by atoms with E-state index in [2.05, 4.69) is 37.7 Å². The smallest absolute Gasteiger partial charge is 0.320 e. The Kier molecular flexibility index (Phi) is 6.13. The molecule has 0 amide bonds. The summed E-state index contributed by atoms with van der Waals surface area (Å²) in [6, 6.07) is 7.90. The van der Waals surface area contributed by atoms with Crippen molar-refractivity contribution in [3.8, 4) is 11.6 Å². The summed E-state index contributed by atoms with van der Waals surface area (Å²) in [6.45, 7) is 8.20. The minimum absolute atomic E-state index is 0.0693. The Hall–Kier alpha value is -3.40. The van der Waals surface area contributed by atoms with Gasteiger partial charge in [-0.1, -0.05) is 23.4 Å². The van der Waals surface area contributed by atoms with Gasteiger partial charge in [-0.3, -0.25) is 14.8 Å². The van der Waals surface area contributed by atoms with E-state index in [0.717, 1.165) is 29.8 Å². The Morgan fingerprint density at radius 2 is 2.03 bits per heavy atom. The van der Waals surface area contributed by atoms with E-state index in [1.807, 2.05) is 56.8 Å². The van der Waals surface area contributed by atoms with Crippen LogP contribution in [0.1, 0.15) is 26.6 Å². The van der Waals surface area contributed by atoms with Crippen molar-refractivity contribution in [3.05, 3.63) is 42.5 Å². The molecule has 0 unspecified atom stereocenters. The van der Waals surface area contributed by atoms with Crippen LogP contribution in [0.15, 0.2) is 41.2 Å². The Balaban J connectivity index is 1.46. The molecule has 1 aliphatic rings. The standard InChI is InChI=1S/C22H29N7O3/c1-22(2,3)31-19(30)14-23-13-18-24-21(32-26-18)20-16-7-5-6-8-17(16)25-29(20)12-11-28-10-9-27(4)15-28/h5-10,23H,11-15H2,1-4H3. The number of carbonyl (C=O) groups excluding carboxylic acids is 1. The van der Waals surface area contributed by atoms with Crippen LogP contribution in [-0.2, 0) is 22.6 Å². The van der Waals surface area contributed by atoms with Crippen LogP contribution in [0.4, 0.5) is 0 Å². The number of esters is 1. The van der Waals surface area contributed by atoms with Crippen LogP contribution in [-0.4, -0.2) is 68.1 Å². The highest BCUT2D eigenvalue weighted by Crippen LogP contribution is 2.27. The summed E-state index contributed by atoms with van der Waals surface area (Å²) in [7, 11) is 2.04. The number of hydrogen-bond donors (Lipinski definition) is 1. The molecule has 0 radical (unpaired) electrons. The van der Waals surface area contributed by atoms with E-state index in [4.69, 9.17) is 14.4 Å². The topological polar surface area (TPSA) is 102 Å². The Morgan fingerprint density at radius 3 is 2.78 bits per heavy atom. The molecule has 1 N–H and O–H groups in total. The number of fused-ring (bicyclic) bond motifs is 1. The van der Waals surface area contributed by atoms with Crippen LogP contribution in [0.3, 0.4) is 0 Å².